The molecule has 6 nitrogen and oxygen atoms in total. The lowest BCUT2D eigenvalue weighted by Gasteiger charge is -2.08. The van der Waals surface area contributed by atoms with Gasteiger partial charge in [0.15, 0.2) is 23.1 Å². The quantitative estimate of drug-likeness (QED) is 0.198. The number of nitrogens with zero attached hydrogens (tertiary/aromatic N) is 4. The van der Waals surface area contributed by atoms with Crippen molar-refractivity contribution >= 4 is 33.0 Å². The third kappa shape index (κ3) is 4.52. The van der Waals surface area contributed by atoms with Crippen LogP contribution in [0.4, 0.5) is 0 Å². The Morgan fingerprint density at radius 1 is 0.348 bits per heavy atom. The van der Waals surface area contributed by atoms with Crippen LogP contribution in [0.5, 0.6) is 0 Å². The molecule has 0 aliphatic carbocycles. The highest BCUT2D eigenvalue weighted by atomic mass is 16.3. The zero-order valence-electron chi connectivity index (χ0n) is 24.5. The molecule has 0 radical (unpaired) electrons. The normalized spacial score (nSPS) is 11.5. The minimum absolute atomic E-state index is 0.586. The standard InChI is InChI=1S/C40H24N4O2/c1-4-11-25(12-5-1)37-42-38(26-13-6-2-7-14-26)44-39(43-37)29-20-22-32-31-21-19-28(23-34(31)45-35(32)24-29)30-17-10-18-33-36(30)41-40(46-33)27-15-8-3-9-16-27/h1-24H. The first-order valence-corrected chi connectivity index (χ1v) is 15.1. The van der Waals surface area contributed by atoms with Gasteiger partial charge in [0.2, 0.25) is 5.89 Å². The summed E-state index contributed by atoms with van der Waals surface area (Å²) in [5, 5.41) is 2.06. The van der Waals surface area contributed by atoms with Crippen molar-refractivity contribution in [2.45, 2.75) is 0 Å². The maximum absolute atomic E-state index is 6.48. The van der Waals surface area contributed by atoms with Crippen molar-refractivity contribution < 1.29 is 8.83 Å². The highest BCUT2D eigenvalue weighted by Crippen LogP contribution is 2.37. The van der Waals surface area contributed by atoms with Crippen LogP contribution in [0.1, 0.15) is 0 Å². The molecule has 0 spiro atoms. The number of hydrogen-bond acceptors (Lipinski definition) is 6. The molecule has 0 saturated heterocycles. The van der Waals surface area contributed by atoms with Crippen LogP contribution >= 0.6 is 0 Å². The van der Waals surface area contributed by atoms with Gasteiger partial charge in [0.05, 0.1) is 0 Å². The number of rotatable bonds is 5. The molecule has 216 valence electrons. The molecule has 3 aromatic heterocycles. The number of furan rings is 1. The first kappa shape index (κ1) is 26.0. The number of hydrogen-bond donors (Lipinski definition) is 0. The molecular weight excluding hydrogens is 568 g/mol. The van der Waals surface area contributed by atoms with Gasteiger partial charge in [-0.2, -0.15) is 0 Å². The van der Waals surface area contributed by atoms with Crippen molar-refractivity contribution in [3.8, 4) is 56.7 Å². The number of oxazole rings is 1. The largest absolute Gasteiger partial charge is 0.456 e. The topological polar surface area (TPSA) is 77.8 Å². The highest BCUT2D eigenvalue weighted by Gasteiger charge is 2.17. The molecule has 0 amide bonds. The zero-order chi connectivity index (χ0) is 30.5. The number of benzene rings is 6. The molecule has 0 saturated carbocycles. The lowest BCUT2D eigenvalue weighted by molar-refractivity contribution is 0.620. The summed E-state index contributed by atoms with van der Waals surface area (Å²) in [5.74, 6) is 2.43. The van der Waals surface area contributed by atoms with Gasteiger partial charge in [-0.1, -0.05) is 103 Å². The van der Waals surface area contributed by atoms with E-state index < -0.39 is 0 Å². The van der Waals surface area contributed by atoms with Gasteiger partial charge in [-0.25, -0.2) is 19.9 Å². The van der Waals surface area contributed by atoms with Gasteiger partial charge in [-0.15, -0.1) is 0 Å². The van der Waals surface area contributed by atoms with Crippen LogP contribution in [0.15, 0.2) is 154 Å². The van der Waals surface area contributed by atoms with E-state index in [2.05, 4.69) is 30.3 Å². The van der Waals surface area contributed by atoms with Gasteiger partial charge >= 0.3 is 0 Å². The second-order valence-electron chi connectivity index (χ2n) is 11.1. The van der Waals surface area contributed by atoms with Gasteiger partial charge in [0.1, 0.15) is 16.7 Å². The third-order valence-electron chi connectivity index (χ3n) is 8.18. The van der Waals surface area contributed by atoms with Gasteiger partial charge in [0, 0.05) is 38.6 Å². The Balaban J connectivity index is 1.14. The van der Waals surface area contributed by atoms with Crippen molar-refractivity contribution in [2.24, 2.45) is 0 Å². The molecule has 9 aromatic rings. The Morgan fingerprint density at radius 2 is 0.870 bits per heavy atom. The molecule has 0 fully saturated rings. The number of para-hydroxylation sites is 1. The van der Waals surface area contributed by atoms with E-state index in [0.717, 1.165) is 66.4 Å². The first-order chi connectivity index (χ1) is 22.8. The highest BCUT2D eigenvalue weighted by molar-refractivity contribution is 6.07. The molecule has 0 unspecified atom stereocenters. The molecule has 0 aliphatic rings. The van der Waals surface area contributed by atoms with Crippen LogP contribution in [-0.2, 0) is 0 Å². The summed E-state index contributed by atoms with van der Waals surface area (Å²) >= 11 is 0. The summed E-state index contributed by atoms with van der Waals surface area (Å²) in [4.78, 5) is 19.5. The second kappa shape index (κ2) is 10.6. The molecule has 0 N–H and O–H groups in total. The van der Waals surface area contributed by atoms with E-state index in [-0.39, 0.29) is 0 Å². The van der Waals surface area contributed by atoms with E-state index in [1.54, 1.807) is 0 Å². The lowest BCUT2D eigenvalue weighted by Crippen LogP contribution is -2.00. The molecule has 46 heavy (non-hydrogen) atoms. The van der Waals surface area contributed by atoms with Crippen LogP contribution in [-0.4, -0.2) is 19.9 Å². The average Bonchev–Trinajstić information content (AvgIpc) is 3.74. The molecule has 0 atom stereocenters. The van der Waals surface area contributed by atoms with Crippen molar-refractivity contribution in [2.75, 3.05) is 0 Å². The minimum atomic E-state index is 0.586. The molecule has 9 rings (SSSR count). The maximum atomic E-state index is 6.48. The zero-order valence-corrected chi connectivity index (χ0v) is 24.5. The number of fused-ring (bicyclic) bond motifs is 4. The fourth-order valence-electron chi connectivity index (χ4n) is 5.91. The van der Waals surface area contributed by atoms with Crippen molar-refractivity contribution in [1.29, 1.82) is 0 Å². The first-order valence-electron chi connectivity index (χ1n) is 15.1. The Hall–Kier alpha value is -6.40. The van der Waals surface area contributed by atoms with Gasteiger partial charge in [-0.3, -0.25) is 0 Å². The molecular formula is C40H24N4O2. The summed E-state index contributed by atoms with van der Waals surface area (Å²) in [7, 11) is 0. The van der Waals surface area contributed by atoms with E-state index in [0.29, 0.717) is 23.4 Å². The van der Waals surface area contributed by atoms with Crippen LogP contribution in [0, 0.1) is 0 Å². The van der Waals surface area contributed by atoms with E-state index in [9.17, 15) is 0 Å². The van der Waals surface area contributed by atoms with Gasteiger partial charge in [0.25, 0.3) is 0 Å². The molecule has 6 heteroatoms. The van der Waals surface area contributed by atoms with E-state index in [1.165, 1.54) is 0 Å². The van der Waals surface area contributed by atoms with Crippen LogP contribution in [0.25, 0.3) is 89.8 Å². The maximum Gasteiger partial charge on any atom is 0.227 e. The second-order valence-corrected chi connectivity index (χ2v) is 11.1. The van der Waals surface area contributed by atoms with Gasteiger partial charge < -0.3 is 8.83 Å². The van der Waals surface area contributed by atoms with Crippen LogP contribution < -0.4 is 0 Å². The smallest absolute Gasteiger partial charge is 0.227 e. The fourth-order valence-corrected chi connectivity index (χ4v) is 5.91. The van der Waals surface area contributed by atoms with Crippen molar-refractivity contribution in [3.05, 3.63) is 146 Å². The molecule has 6 aromatic carbocycles. The van der Waals surface area contributed by atoms with E-state index in [4.69, 9.17) is 28.8 Å². The van der Waals surface area contributed by atoms with Crippen LogP contribution in [0.3, 0.4) is 0 Å². The van der Waals surface area contributed by atoms with Crippen molar-refractivity contribution in [3.63, 3.8) is 0 Å². The van der Waals surface area contributed by atoms with Gasteiger partial charge in [-0.05, 0) is 48.0 Å². The van der Waals surface area contributed by atoms with E-state index in [1.807, 2.05) is 115 Å². The monoisotopic (exact) mass is 592 g/mol. The minimum Gasteiger partial charge on any atom is -0.456 e. The fraction of sp³-hybridized carbons (Fsp3) is 0. The summed E-state index contributed by atoms with van der Waals surface area (Å²) in [6, 6.07) is 48.4. The molecule has 0 aliphatic heterocycles. The van der Waals surface area contributed by atoms with E-state index >= 15 is 0 Å². The lowest BCUT2D eigenvalue weighted by atomic mass is 10.0. The Bertz CT molecular complexity index is 2460. The predicted molar refractivity (Wildman–Crippen MR) is 182 cm³/mol. The number of aromatic nitrogens is 4. The van der Waals surface area contributed by atoms with Crippen molar-refractivity contribution in [1.82, 2.24) is 19.9 Å². The van der Waals surface area contributed by atoms with Crippen LogP contribution in [0.2, 0.25) is 0 Å². The predicted octanol–water partition coefficient (Wildman–Crippen LogP) is 10.2. The Labute approximate surface area is 263 Å². The Morgan fingerprint density at radius 3 is 1.48 bits per heavy atom. The third-order valence-corrected chi connectivity index (χ3v) is 8.18. The molecule has 0 bridgehead atoms. The Kier molecular flexibility index (Phi) is 6.03. The average molecular weight is 593 g/mol. The summed E-state index contributed by atoms with van der Waals surface area (Å²) in [6.45, 7) is 0. The SMILES string of the molecule is c1ccc(-c2nc(-c3ccccc3)nc(-c3ccc4c(c3)oc3cc(-c5cccc6oc(-c7ccccc7)nc56)ccc34)n2)cc1. The summed E-state index contributed by atoms with van der Waals surface area (Å²) < 4.78 is 12.6. The summed E-state index contributed by atoms with van der Waals surface area (Å²) in [6.07, 6.45) is 0. The molecule has 3 heterocycles. The summed E-state index contributed by atoms with van der Waals surface area (Å²) in [5.41, 5.74) is 8.75.